The molecule has 0 bridgehead atoms. The van der Waals surface area contributed by atoms with Crippen molar-refractivity contribution in [3.8, 4) is 0 Å². The number of methoxy groups -OCH3 is 3. The SMILES string of the molecule is CC[SiH2]OC(COC)(OC)OC. The van der Waals surface area contributed by atoms with Gasteiger partial charge in [0.15, 0.2) is 9.76 Å². The van der Waals surface area contributed by atoms with Crippen LogP contribution in [0.5, 0.6) is 0 Å². The largest absolute Gasteiger partial charge is 0.376 e. The lowest BCUT2D eigenvalue weighted by Crippen LogP contribution is -2.42. The topological polar surface area (TPSA) is 36.9 Å². The van der Waals surface area contributed by atoms with Gasteiger partial charge in [-0.15, -0.1) is 0 Å². The van der Waals surface area contributed by atoms with E-state index in [2.05, 4.69) is 6.92 Å². The van der Waals surface area contributed by atoms with Crippen molar-refractivity contribution in [1.82, 2.24) is 0 Å². The van der Waals surface area contributed by atoms with E-state index in [0.29, 0.717) is 6.61 Å². The second-order valence-electron chi connectivity index (χ2n) is 2.37. The Labute approximate surface area is 76.1 Å². The van der Waals surface area contributed by atoms with Crippen LogP contribution >= 0.6 is 0 Å². The normalized spacial score (nSPS) is 13.0. The van der Waals surface area contributed by atoms with Crippen molar-refractivity contribution < 1.29 is 18.6 Å². The fraction of sp³-hybridized carbons (Fsp3) is 1.00. The van der Waals surface area contributed by atoms with Gasteiger partial charge in [0, 0.05) is 21.3 Å². The molecule has 0 N–H and O–H groups in total. The Bertz CT molecular complexity index is 106. The van der Waals surface area contributed by atoms with E-state index in [1.165, 1.54) is 0 Å². The molecule has 0 saturated carbocycles. The molecule has 0 spiro atoms. The van der Waals surface area contributed by atoms with Crippen LogP contribution in [0.25, 0.3) is 0 Å². The molecule has 74 valence electrons. The smallest absolute Gasteiger partial charge is 0.297 e. The van der Waals surface area contributed by atoms with E-state index in [-0.39, 0.29) is 0 Å². The zero-order valence-corrected chi connectivity index (χ0v) is 9.67. The summed E-state index contributed by atoms with van der Waals surface area (Å²) in [6.07, 6.45) is 0. The summed E-state index contributed by atoms with van der Waals surface area (Å²) in [7, 11) is 4.13. The van der Waals surface area contributed by atoms with Crippen molar-refractivity contribution in [3.05, 3.63) is 0 Å². The number of rotatable bonds is 7. The maximum atomic E-state index is 5.49. The van der Waals surface area contributed by atoms with Crippen molar-refractivity contribution >= 4 is 9.76 Å². The molecule has 4 nitrogen and oxygen atoms in total. The summed E-state index contributed by atoms with van der Waals surface area (Å²) in [4.78, 5) is 0. The molecule has 0 aromatic heterocycles. The first-order chi connectivity index (χ1) is 5.74. The highest BCUT2D eigenvalue weighted by Crippen LogP contribution is 2.12. The molecule has 0 atom stereocenters. The van der Waals surface area contributed by atoms with E-state index >= 15 is 0 Å². The first-order valence-corrected chi connectivity index (χ1v) is 5.55. The molecule has 0 aromatic carbocycles. The van der Waals surface area contributed by atoms with Crippen molar-refractivity contribution in [2.75, 3.05) is 27.9 Å². The van der Waals surface area contributed by atoms with Gasteiger partial charge in [-0.05, 0) is 6.04 Å². The van der Waals surface area contributed by atoms with Crippen LogP contribution in [0.3, 0.4) is 0 Å². The summed E-state index contributed by atoms with van der Waals surface area (Å²) in [5, 5.41) is 0. The highest BCUT2D eigenvalue weighted by molar-refractivity contribution is 6.26. The Morgan fingerprint density at radius 1 is 1.17 bits per heavy atom. The predicted molar refractivity (Wildman–Crippen MR) is 48.7 cm³/mol. The molecular weight excluding hydrogens is 176 g/mol. The van der Waals surface area contributed by atoms with Crippen molar-refractivity contribution in [2.24, 2.45) is 0 Å². The van der Waals surface area contributed by atoms with Crippen molar-refractivity contribution in [1.29, 1.82) is 0 Å². The van der Waals surface area contributed by atoms with Gasteiger partial charge in [-0.2, -0.15) is 0 Å². The summed E-state index contributed by atoms with van der Waals surface area (Å²) in [5.41, 5.74) is 0. The molecule has 0 aliphatic heterocycles. The molecule has 0 rings (SSSR count). The summed E-state index contributed by atoms with van der Waals surface area (Å²) < 4.78 is 20.6. The van der Waals surface area contributed by atoms with Gasteiger partial charge in [0.1, 0.15) is 6.61 Å². The summed E-state index contributed by atoms with van der Waals surface area (Å²) in [6.45, 7) is 2.38. The molecule has 0 radical (unpaired) electrons. The van der Waals surface area contributed by atoms with Gasteiger partial charge in [0.25, 0.3) is 5.97 Å². The molecule has 0 saturated heterocycles. The molecule has 0 aliphatic rings. The zero-order chi connectivity index (χ0) is 9.45. The van der Waals surface area contributed by atoms with Gasteiger partial charge in [-0.25, -0.2) is 0 Å². The molecule has 0 aliphatic carbocycles. The van der Waals surface area contributed by atoms with E-state index in [0.717, 1.165) is 6.04 Å². The molecular formula is C7H18O4Si. The fourth-order valence-electron chi connectivity index (χ4n) is 0.795. The van der Waals surface area contributed by atoms with Gasteiger partial charge in [0.05, 0.1) is 0 Å². The highest BCUT2D eigenvalue weighted by Gasteiger charge is 2.30. The first-order valence-electron chi connectivity index (χ1n) is 3.98. The van der Waals surface area contributed by atoms with Crippen LogP contribution in [-0.4, -0.2) is 43.7 Å². The third kappa shape index (κ3) is 3.64. The standard InChI is InChI=1S/C7H18O4Si/c1-5-12-11-7(9-3,10-4)6-8-2/h5-6,12H2,1-4H3. The van der Waals surface area contributed by atoms with Gasteiger partial charge in [-0.3, -0.25) is 0 Å². The van der Waals surface area contributed by atoms with Crippen LogP contribution < -0.4 is 0 Å². The lowest BCUT2D eigenvalue weighted by atomic mass is 10.6. The van der Waals surface area contributed by atoms with Crippen LogP contribution in [0.2, 0.25) is 6.04 Å². The second kappa shape index (κ2) is 6.56. The predicted octanol–water partition coefficient (Wildman–Crippen LogP) is 0.118. The summed E-state index contributed by atoms with van der Waals surface area (Å²) in [5.74, 6) is -0.975. The average Bonchev–Trinajstić information content (AvgIpc) is 2.13. The minimum absolute atomic E-state index is 0.299. The Kier molecular flexibility index (Phi) is 6.59. The Morgan fingerprint density at radius 2 is 1.75 bits per heavy atom. The van der Waals surface area contributed by atoms with Gasteiger partial charge < -0.3 is 18.6 Å². The molecule has 0 heterocycles. The van der Waals surface area contributed by atoms with E-state index in [1.807, 2.05) is 0 Å². The number of ether oxygens (including phenoxy) is 3. The van der Waals surface area contributed by atoms with Crippen LogP contribution in [0.4, 0.5) is 0 Å². The molecule has 12 heavy (non-hydrogen) atoms. The Balaban J connectivity index is 3.95. The van der Waals surface area contributed by atoms with E-state index < -0.39 is 15.7 Å². The third-order valence-corrected chi connectivity index (χ3v) is 2.52. The monoisotopic (exact) mass is 194 g/mol. The zero-order valence-electron chi connectivity index (χ0n) is 8.25. The second-order valence-corrected chi connectivity index (χ2v) is 4.07. The lowest BCUT2D eigenvalue weighted by molar-refractivity contribution is -0.339. The molecule has 0 amide bonds. The van der Waals surface area contributed by atoms with E-state index in [1.54, 1.807) is 21.3 Å². The van der Waals surface area contributed by atoms with Gasteiger partial charge in [0.2, 0.25) is 0 Å². The number of hydrogen-bond donors (Lipinski definition) is 0. The Morgan fingerprint density at radius 3 is 2.08 bits per heavy atom. The van der Waals surface area contributed by atoms with Gasteiger partial charge >= 0.3 is 0 Å². The maximum absolute atomic E-state index is 5.49. The van der Waals surface area contributed by atoms with Gasteiger partial charge in [-0.1, -0.05) is 6.92 Å². The highest BCUT2D eigenvalue weighted by atomic mass is 28.2. The van der Waals surface area contributed by atoms with E-state index in [4.69, 9.17) is 18.6 Å². The Hall–Kier alpha value is 0.0569. The number of hydrogen-bond acceptors (Lipinski definition) is 4. The van der Waals surface area contributed by atoms with E-state index in [9.17, 15) is 0 Å². The molecule has 0 fully saturated rings. The minimum atomic E-state index is -0.975. The van der Waals surface area contributed by atoms with Crippen LogP contribution in [0.15, 0.2) is 0 Å². The fourth-order valence-corrected chi connectivity index (χ4v) is 1.63. The average molecular weight is 194 g/mol. The van der Waals surface area contributed by atoms with Crippen LogP contribution in [-0.2, 0) is 18.6 Å². The van der Waals surface area contributed by atoms with Crippen LogP contribution in [0, 0.1) is 0 Å². The maximum Gasteiger partial charge on any atom is 0.297 e. The minimum Gasteiger partial charge on any atom is -0.376 e. The quantitative estimate of drug-likeness (QED) is 0.426. The van der Waals surface area contributed by atoms with Crippen molar-refractivity contribution in [3.63, 3.8) is 0 Å². The lowest BCUT2D eigenvalue weighted by Gasteiger charge is -2.29. The third-order valence-electron chi connectivity index (χ3n) is 1.47. The summed E-state index contributed by atoms with van der Waals surface area (Å²) in [6, 6.07) is 1.05. The molecule has 0 unspecified atom stereocenters. The first kappa shape index (κ1) is 12.1. The summed E-state index contributed by atoms with van der Waals surface area (Å²) >= 11 is 0. The molecule has 5 heteroatoms. The van der Waals surface area contributed by atoms with Crippen LogP contribution in [0.1, 0.15) is 6.92 Å². The van der Waals surface area contributed by atoms with Crippen molar-refractivity contribution in [2.45, 2.75) is 18.9 Å². The molecule has 0 aromatic rings.